The zero-order valence-corrected chi connectivity index (χ0v) is 18.9. The van der Waals surface area contributed by atoms with E-state index in [1.807, 2.05) is 18.2 Å². The molecule has 1 aliphatic heterocycles. The smallest absolute Gasteiger partial charge is 0.368 e. The van der Waals surface area contributed by atoms with Crippen LogP contribution < -0.4 is 15.1 Å². The van der Waals surface area contributed by atoms with Gasteiger partial charge < -0.3 is 15.1 Å². The van der Waals surface area contributed by atoms with Crippen molar-refractivity contribution in [2.75, 3.05) is 41.3 Å². The fraction of sp³-hybridized carbons (Fsp3) is 0.238. The molecule has 1 saturated heterocycles. The number of aromatic nitrogens is 2. The summed E-state index contributed by atoms with van der Waals surface area (Å²) in [7, 11) is 0. The Balaban J connectivity index is 1.59. The number of halogens is 5. The van der Waals surface area contributed by atoms with Gasteiger partial charge in [-0.3, -0.25) is 10.1 Å². The number of nitrogens with one attached hydrogen (secondary N) is 1. The summed E-state index contributed by atoms with van der Waals surface area (Å²) in [5.41, 5.74) is -0.597. The first-order valence-electron chi connectivity index (χ1n) is 10.0. The van der Waals surface area contributed by atoms with E-state index in [9.17, 15) is 23.3 Å². The van der Waals surface area contributed by atoms with Crippen LogP contribution in [0.3, 0.4) is 0 Å². The van der Waals surface area contributed by atoms with E-state index in [4.69, 9.17) is 23.2 Å². The summed E-state index contributed by atoms with van der Waals surface area (Å²) < 4.78 is 39.6. The lowest BCUT2D eigenvalue weighted by atomic mass is 10.2. The maximum absolute atomic E-state index is 13.2. The number of anilines is 4. The van der Waals surface area contributed by atoms with E-state index in [1.165, 1.54) is 6.07 Å². The molecule has 1 aliphatic rings. The third kappa shape index (κ3) is 5.10. The molecule has 8 nitrogen and oxygen atoms in total. The number of rotatable bonds is 5. The molecule has 1 N–H and O–H groups in total. The van der Waals surface area contributed by atoms with E-state index in [1.54, 1.807) is 11.0 Å². The fourth-order valence-corrected chi connectivity index (χ4v) is 4.08. The van der Waals surface area contributed by atoms with Gasteiger partial charge in [-0.15, -0.1) is 0 Å². The molecular formula is C21H17Cl2F3N6O2. The molecule has 0 bridgehead atoms. The maximum Gasteiger partial charge on any atom is 0.417 e. The molecule has 1 fully saturated rings. The molecule has 34 heavy (non-hydrogen) atoms. The average molecular weight is 513 g/mol. The quantitative estimate of drug-likeness (QED) is 0.342. The van der Waals surface area contributed by atoms with E-state index < -0.39 is 27.4 Å². The first-order valence-corrected chi connectivity index (χ1v) is 10.8. The van der Waals surface area contributed by atoms with Crippen LogP contribution in [-0.2, 0) is 6.18 Å². The van der Waals surface area contributed by atoms with Crippen LogP contribution in [0.4, 0.5) is 41.9 Å². The summed E-state index contributed by atoms with van der Waals surface area (Å²) in [5.74, 6) is -0.138. The van der Waals surface area contributed by atoms with E-state index in [2.05, 4.69) is 20.2 Å². The molecule has 0 aliphatic carbocycles. The zero-order valence-electron chi connectivity index (χ0n) is 17.4. The normalized spacial score (nSPS) is 14.3. The van der Waals surface area contributed by atoms with Crippen molar-refractivity contribution in [3.63, 3.8) is 0 Å². The van der Waals surface area contributed by atoms with Crippen molar-refractivity contribution in [3.8, 4) is 0 Å². The van der Waals surface area contributed by atoms with Crippen LogP contribution in [0.25, 0.3) is 0 Å². The second-order valence-corrected chi connectivity index (χ2v) is 8.27. The second-order valence-electron chi connectivity index (χ2n) is 7.42. The molecule has 13 heteroatoms. The highest BCUT2D eigenvalue weighted by molar-refractivity contribution is 6.31. The summed E-state index contributed by atoms with van der Waals surface area (Å²) >= 11 is 11.7. The Hall–Kier alpha value is -3.31. The lowest BCUT2D eigenvalue weighted by molar-refractivity contribution is -0.383. The molecule has 2 heterocycles. The lowest BCUT2D eigenvalue weighted by Crippen LogP contribution is -2.47. The van der Waals surface area contributed by atoms with Crippen molar-refractivity contribution in [1.29, 1.82) is 0 Å². The monoisotopic (exact) mass is 512 g/mol. The van der Waals surface area contributed by atoms with Crippen molar-refractivity contribution in [2.24, 2.45) is 0 Å². The SMILES string of the molecule is O=[N+]([O-])c1c(Nc2ccc(Cl)c(C(F)(F)F)c2)ncnc1N1CCN(c2cccc(Cl)c2)CC1. The minimum atomic E-state index is -4.68. The van der Waals surface area contributed by atoms with Crippen LogP contribution in [-0.4, -0.2) is 41.1 Å². The van der Waals surface area contributed by atoms with Gasteiger partial charge in [0.1, 0.15) is 6.33 Å². The molecule has 0 amide bonds. The highest BCUT2D eigenvalue weighted by atomic mass is 35.5. The van der Waals surface area contributed by atoms with E-state index >= 15 is 0 Å². The minimum Gasteiger partial charge on any atom is -0.368 e. The fourth-order valence-electron chi connectivity index (χ4n) is 3.67. The topological polar surface area (TPSA) is 87.4 Å². The minimum absolute atomic E-state index is 0.0461. The van der Waals surface area contributed by atoms with Crippen LogP contribution in [0.15, 0.2) is 48.8 Å². The van der Waals surface area contributed by atoms with Gasteiger partial charge in [0.05, 0.1) is 15.5 Å². The van der Waals surface area contributed by atoms with Gasteiger partial charge in [-0.1, -0.05) is 29.3 Å². The van der Waals surface area contributed by atoms with Crippen molar-refractivity contribution in [1.82, 2.24) is 9.97 Å². The Morgan fingerprint density at radius 3 is 2.35 bits per heavy atom. The van der Waals surface area contributed by atoms with Crippen LogP contribution in [0, 0.1) is 10.1 Å². The average Bonchev–Trinajstić information content (AvgIpc) is 2.79. The van der Waals surface area contributed by atoms with Crippen molar-refractivity contribution in [2.45, 2.75) is 6.18 Å². The molecule has 178 valence electrons. The van der Waals surface area contributed by atoms with Gasteiger partial charge in [0.25, 0.3) is 0 Å². The number of hydrogen-bond donors (Lipinski definition) is 1. The summed E-state index contributed by atoms with van der Waals surface area (Å²) in [6, 6.07) is 10.5. The van der Waals surface area contributed by atoms with Crippen molar-refractivity contribution >= 4 is 51.9 Å². The molecule has 2 aromatic carbocycles. The van der Waals surface area contributed by atoms with Gasteiger partial charge in [0.15, 0.2) is 0 Å². The Morgan fingerprint density at radius 1 is 1.00 bits per heavy atom. The molecule has 0 atom stereocenters. The second kappa shape index (κ2) is 9.51. The number of benzene rings is 2. The van der Waals surface area contributed by atoms with Gasteiger partial charge in [0, 0.05) is 42.6 Å². The Kier molecular flexibility index (Phi) is 6.67. The van der Waals surface area contributed by atoms with Gasteiger partial charge in [-0.2, -0.15) is 13.2 Å². The Bertz CT molecular complexity index is 1220. The summed E-state index contributed by atoms with van der Waals surface area (Å²) in [4.78, 5) is 23.1. The predicted molar refractivity (Wildman–Crippen MR) is 124 cm³/mol. The first kappa shape index (κ1) is 23.8. The van der Waals surface area contributed by atoms with E-state index in [0.717, 1.165) is 24.1 Å². The molecule has 0 saturated carbocycles. The van der Waals surface area contributed by atoms with Gasteiger partial charge in [-0.25, -0.2) is 9.97 Å². The van der Waals surface area contributed by atoms with Crippen LogP contribution in [0.1, 0.15) is 5.56 Å². The third-order valence-corrected chi connectivity index (χ3v) is 5.84. The van der Waals surface area contributed by atoms with E-state index in [-0.39, 0.29) is 17.3 Å². The first-order chi connectivity index (χ1) is 16.1. The van der Waals surface area contributed by atoms with Crippen LogP contribution >= 0.6 is 23.2 Å². The lowest BCUT2D eigenvalue weighted by Gasteiger charge is -2.36. The molecule has 0 unspecified atom stereocenters. The number of piperazine rings is 1. The third-order valence-electron chi connectivity index (χ3n) is 5.27. The zero-order chi connectivity index (χ0) is 24.5. The Labute approximate surface area is 202 Å². The summed E-state index contributed by atoms with van der Waals surface area (Å²) in [6.45, 7) is 2.00. The van der Waals surface area contributed by atoms with Crippen molar-refractivity contribution < 1.29 is 18.1 Å². The number of alkyl halides is 3. The molecule has 0 radical (unpaired) electrons. The Morgan fingerprint density at radius 2 is 1.71 bits per heavy atom. The van der Waals surface area contributed by atoms with Gasteiger partial charge in [-0.05, 0) is 36.4 Å². The van der Waals surface area contributed by atoms with Gasteiger partial charge in [0.2, 0.25) is 11.6 Å². The van der Waals surface area contributed by atoms with E-state index in [0.29, 0.717) is 31.2 Å². The number of nitrogens with zero attached hydrogens (tertiary/aromatic N) is 5. The van der Waals surface area contributed by atoms with Crippen LogP contribution in [0.5, 0.6) is 0 Å². The number of hydrogen-bond acceptors (Lipinski definition) is 7. The number of nitro groups is 1. The molecule has 3 aromatic rings. The van der Waals surface area contributed by atoms with Crippen LogP contribution in [0.2, 0.25) is 10.0 Å². The molecular weight excluding hydrogens is 496 g/mol. The molecule has 4 rings (SSSR count). The largest absolute Gasteiger partial charge is 0.417 e. The summed E-state index contributed by atoms with van der Waals surface area (Å²) in [6.07, 6.45) is -3.55. The standard InChI is InChI=1S/C21H17Cl2F3N6O2/c22-13-2-1-3-15(10-13)30-6-8-31(9-7-30)20-18(32(33)34)19(27-12-28-20)29-14-4-5-17(23)16(11-14)21(24,25)26/h1-5,10-12H,6-9H2,(H,27,28,29). The molecule has 0 spiro atoms. The molecule has 1 aromatic heterocycles. The highest BCUT2D eigenvalue weighted by Gasteiger charge is 2.34. The highest BCUT2D eigenvalue weighted by Crippen LogP contribution is 2.38. The predicted octanol–water partition coefficient (Wildman–Crippen LogP) is 5.78. The van der Waals surface area contributed by atoms with Crippen molar-refractivity contribution in [3.05, 3.63) is 74.5 Å². The van der Waals surface area contributed by atoms with Gasteiger partial charge >= 0.3 is 11.9 Å². The maximum atomic E-state index is 13.2. The summed E-state index contributed by atoms with van der Waals surface area (Å²) in [5, 5.41) is 14.7.